The van der Waals surface area contributed by atoms with E-state index in [2.05, 4.69) is 5.32 Å². The van der Waals surface area contributed by atoms with Crippen LogP contribution in [-0.4, -0.2) is 17.4 Å². The lowest BCUT2D eigenvalue weighted by molar-refractivity contribution is -0.384. The quantitative estimate of drug-likeness (QED) is 0.658. The fourth-order valence-corrected chi connectivity index (χ4v) is 2.88. The van der Waals surface area contributed by atoms with E-state index in [0.717, 1.165) is 36.8 Å². The van der Waals surface area contributed by atoms with Crippen molar-refractivity contribution in [3.8, 4) is 0 Å². The molecule has 1 amide bonds. The molecular weight excluding hydrogens is 270 g/mol. The van der Waals surface area contributed by atoms with Crippen LogP contribution in [0.15, 0.2) is 12.1 Å². The summed E-state index contributed by atoms with van der Waals surface area (Å²) < 4.78 is 0. The van der Waals surface area contributed by atoms with E-state index in [1.165, 1.54) is 6.07 Å². The van der Waals surface area contributed by atoms with Crippen molar-refractivity contribution < 1.29 is 9.72 Å². The number of amides is 1. The molecule has 1 aliphatic rings. The van der Waals surface area contributed by atoms with Crippen LogP contribution in [-0.2, 0) is 4.79 Å². The second kappa shape index (κ2) is 5.81. The lowest BCUT2D eigenvalue weighted by Gasteiger charge is -2.25. The van der Waals surface area contributed by atoms with E-state index in [4.69, 9.17) is 5.73 Å². The van der Waals surface area contributed by atoms with Gasteiger partial charge in [-0.05, 0) is 43.9 Å². The van der Waals surface area contributed by atoms with Gasteiger partial charge < -0.3 is 11.1 Å². The Morgan fingerprint density at radius 2 is 1.90 bits per heavy atom. The molecule has 2 rings (SSSR count). The van der Waals surface area contributed by atoms with Gasteiger partial charge in [-0.25, -0.2) is 0 Å². The van der Waals surface area contributed by atoms with Crippen molar-refractivity contribution in [1.82, 2.24) is 0 Å². The Labute approximate surface area is 123 Å². The summed E-state index contributed by atoms with van der Waals surface area (Å²) in [5, 5.41) is 13.9. The molecule has 6 nitrogen and oxygen atoms in total. The maximum absolute atomic E-state index is 12.5. The van der Waals surface area contributed by atoms with Gasteiger partial charge in [0.05, 0.1) is 10.3 Å². The molecule has 1 aromatic rings. The maximum Gasteiger partial charge on any atom is 0.293 e. The van der Waals surface area contributed by atoms with E-state index in [0.29, 0.717) is 0 Å². The maximum atomic E-state index is 12.5. The zero-order valence-corrected chi connectivity index (χ0v) is 12.4. The number of nitrogens with two attached hydrogens (primary N) is 1. The summed E-state index contributed by atoms with van der Waals surface area (Å²) in [6.45, 7) is 3.95. The number of hydrogen-bond acceptors (Lipinski definition) is 4. The van der Waals surface area contributed by atoms with E-state index in [1.807, 2.05) is 13.8 Å². The number of nitrogens with zero attached hydrogens (tertiary/aromatic N) is 1. The molecule has 0 aliphatic heterocycles. The van der Waals surface area contributed by atoms with Crippen LogP contribution in [0.4, 0.5) is 11.4 Å². The van der Waals surface area contributed by atoms with Crippen LogP contribution in [0.1, 0.15) is 36.8 Å². The van der Waals surface area contributed by atoms with Gasteiger partial charge in [0, 0.05) is 12.6 Å². The lowest BCUT2D eigenvalue weighted by atomic mass is 9.85. The minimum Gasteiger partial charge on any atom is -0.329 e. The molecule has 21 heavy (non-hydrogen) atoms. The topological polar surface area (TPSA) is 98.3 Å². The molecule has 0 unspecified atom stereocenters. The molecule has 1 aromatic carbocycles. The van der Waals surface area contributed by atoms with Crippen molar-refractivity contribution in [1.29, 1.82) is 0 Å². The minimum atomic E-state index is -0.577. The smallest absolute Gasteiger partial charge is 0.293 e. The Morgan fingerprint density at radius 3 is 2.43 bits per heavy atom. The fraction of sp³-hybridized carbons (Fsp3) is 0.533. The highest BCUT2D eigenvalue weighted by atomic mass is 16.6. The zero-order chi connectivity index (χ0) is 15.6. The number of nitro benzene ring substituents is 1. The highest BCUT2D eigenvalue weighted by Crippen LogP contribution is 2.39. The summed E-state index contributed by atoms with van der Waals surface area (Å²) >= 11 is 0. The molecule has 6 heteroatoms. The summed E-state index contributed by atoms with van der Waals surface area (Å²) in [6.07, 6.45) is 3.43. The molecule has 1 fully saturated rings. The molecule has 0 atom stereocenters. The standard InChI is InChI=1S/C15H21N3O3/c1-10-7-12(13(18(20)21)8-11(10)2)17-14(19)15(9-16)5-3-4-6-15/h7-8H,3-6,9,16H2,1-2H3,(H,17,19). The first-order valence-corrected chi connectivity index (χ1v) is 7.17. The Morgan fingerprint density at radius 1 is 1.33 bits per heavy atom. The van der Waals surface area contributed by atoms with Crippen molar-refractivity contribution in [2.75, 3.05) is 11.9 Å². The second-order valence-corrected chi connectivity index (χ2v) is 5.86. The summed E-state index contributed by atoms with van der Waals surface area (Å²) in [5.41, 5.74) is 7.12. The SMILES string of the molecule is Cc1cc(NC(=O)C2(CN)CCCC2)c([N+](=O)[O-])cc1C. The van der Waals surface area contributed by atoms with Gasteiger partial charge in [0.2, 0.25) is 5.91 Å². The molecule has 0 heterocycles. The van der Waals surface area contributed by atoms with Crippen molar-refractivity contribution in [3.05, 3.63) is 33.4 Å². The number of benzene rings is 1. The predicted octanol–water partition coefficient (Wildman–Crippen LogP) is 2.67. The normalized spacial score (nSPS) is 16.7. The molecule has 0 saturated heterocycles. The molecule has 0 aromatic heterocycles. The summed E-state index contributed by atoms with van der Waals surface area (Å²) in [4.78, 5) is 23.2. The van der Waals surface area contributed by atoms with Crippen LogP contribution in [0, 0.1) is 29.4 Å². The Balaban J connectivity index is 2.32. The van der Waals surface area contributed by atoms with Gasteiger partial charge in [-0.3, -0.25) is 14.9 Å². The number of hydrogen-bond donors (Lipinski definition) is 2. The molecule has 1 saturated carbocycles. The first-order chi connectivity index (χ1) is 9.89. The third kappa shape index (κ3) is 2.90. The van der Waals surface area contributed by atoms with Crippen LogP contribution >= 0.6 is 0 Å². The largest absolute Gasteiger partial charge is 0.329 e. The monoisotopic (exact) mass is 291 g/mol. The number of nitrogens with one attached hydrogen (secondary N) is 1. The molecule has 1 aliphatic carbocycles. The van der Waals surface area contributed by atoms with Gasteiger partial charge in [-0.15, -0.1) is 0 Å². The van der Waals surface area contributed by atoms with Crippen molar-refractivity contribution in [2.45, 2.75) is 39.5 Å². The molecule has 114 valence electrons. The molecular formula is C15H21N3O3. The van der Waals surface area contributed by atoms with Crippen LogP contribution in [0.3, 0.4) is 0 Å². The van der Waals surface area contributed by atoms with Crippen LogP contribution < -0.4 is 11.1 Å². The van der Waals surface area contributed by atoms with Crippen molar-refractivity contribution in [2.24, 2.45) is 11.1 Å². The predicted molar refractivity (Wildman–Crippen MR) is 81.2 cm³/mol. The van der Waals surface area contributed by atoms with Gasteiger partial charge in [0.25, 0.3) is 5.69 Å². The van der Waals surface area contributed by atoms with E-state index in [9.17, 15) is 14.9 Å². The molecule has 3 N–H and O–H groups in total. The summed E-state index contributed by atoms with van der Waals surface area (Å²) in [6, 6.07) is 3.15. The Bertz CT molecular complexity index is 578. The average molecular weight is 291 g/mol. The third-order valence-electron chi connectivity index (χ3n) is 4.49. The number of rotatable bonds is 4. The van der Waals surface area contributed by atoms with Crippen LogP contribution in [0.5, 0.6) is 0 Å². The van der Waals surface area contributed by atoms with Gasteiger partial charge in [0.15, 0.2) is 0 Å². The number of carbonyl (C=O) groups is 1. The first-order valence-electron chi connectivity index (χ1n) is 7.17. The zero-order valence-electron chi connectivity index (χ0n) is 12.4. The number of carbonyl (C=O) groups excluding carboxylic acids is 1. The highest BCUT2D eigenvalue weighted by molar-refractivity contribution is 5.97. The molecule has 0 radical (unpaired) electrons. The Kier molecular flexibility index (Phi) is 4.27. The van der Waals surface area contributed by atoms with Gasteiger partial charge in [-0.2, -0.15) is 0 Å². The van der Waals surface area contributed by atoms with E-state index in [-0.39, 0.29) is 23.8 Å². The molecule has 0 bridgehead atoms. The number of anilines is 1. The highest BCUT2D eigenvalue weighted by Gasteiger charge is 2.40. The Hall–Kier alpha value is -1.95. The van der Waals surface area contributed by atoms with Gasteiger partial charge in [0.1, 0.15) is 5.69 Å². The van der Waals surface area contributed by atoms with E-state index >= 15 is 0 Å². The minimum absolute atomic E-state index is 0.0726. The summed E-state index contributed by atoms with van der Waals surface area (Å²) in [5.74, 6) is -0.200. The van der Waals surface area contributed by atoms with Crippen LogP contribution in [0.25, 0.3) is 0 Å². The first kappa shape index (κ1) is 15.4. The van der Waals surface area contributed by atoms with Crippen LogP contribution in [0.2, 0.25) is 0 Å². The van der Waals surface area contributed by atoms with E-state index in [1.54, 1.807) is 6.07 Å². The van der Waals surface area contributed by atoms with Gasteiger partial charge >= 0.3 is 0 Å². The van der Waals surface area contributed by atoms with Crippen molar-refractivity contribution in [3.63, 3.8) is 0 Å². The fourth-order valence-electron chi connectivity index (χ4n) is 2.88. The number of nitro groups is 1. The van der Waals surface area contributed by atoms with E-state index < -0.39 is 10.3 Å². The second-order valence-electron chi connectivity index (χ2n) is 5.86. The van der Waals surface area contributed by atoms with Gasteiger partial charge in [-0.1, -0.05) is 12.8 Å². The van der Waals surface area contributed by atoms with Crippen molar-refractivity contribution >= 4 is 17.3 Å². The third-order valence-corrected chi connectivity index (χ3v) is 4.49. The average Bonchev–Trinajstić information content (AvgIpc) is 2.92. The lowest BCUT2D eigenvalue weighted by Crippen LogP contribution is -2.40. The number of aryl methyl sites for hydroxylation is 2. The molecule has 0 spiro atoms. The summed E-state index contributed by atoms with van der Waals surface area (Å²) in [7, 11) is 0.